The highest BCUT2D eigenvalue weighted by atomic mass is 35.5. The van der Waals surface area contributed by atoms with Crippen LogP contribution >= 0.6 is 35.0 Å². The first-order chi connectivity index (χ1) is 10.1. The van der Waals surface area contributed by atoms with Crippen LogP contribution in [0.1, 0.15) is 13.3 Å². The summed E-state index contributed by atoms with van der Waals surface area (Å²) in [4.78, 5) is 8.69. The number of nitrogens with one attached hydrogen (secondary N) is 1. The van der Waals surface area contributed by atoms with Crippen molar-refractivity contribution in [1.29, 1.82) is 0 Å². The molecule has 1 heterocycles. The average molecular weight is 344 g/mol. The van der Waals surface area contributed by atoms with Crippen LogP contribution in [0.2, 0.25) is 10.0 Å². The maximum atomic E-state index is 6.10. The van der Waals surface area contributed by atoms with E-state index >= 15 is 0 Å². The van der Waals surface area contributed by atoms with E-state index in [1.54, 1.807) is 24.3 Å². The Morgan fingerprint density at radius 1 is 1.24 bits per heavy atom. The first-order valence-electron chi connectivity index (χ1n) is 6.42. The Morgan fingerprint density at radius 2 is 2.05 bits per heavy atom. The van der Waals surface area contributed by atoms with Crippen molar-refractivity contribution in [2.24, 2.45) is 0 Å². The highest BCUT2D eigenvalue weighted by Crippen LogP contribution is 2.32. The highest BCUT2D eigenvalue weighted by molar-refractivity contribution is 7.98. The van der Waals surface area contributed by atoms with E-state index in [0.717, 1.165) is 18.8 Å². The van der Waals surface area contributed by atoms with E-state index in [4.69, 9.17) is 27.9 Å². The summed E-state index contributed by atoms with van der Waals surface area (Å²) < 4.78 is 5.73. The van der Waals surface area contributed by atoms with Gasteiger partial charge in [0.15, 0.2) is 5.16 Å². The van der Waals surface area contributed by atoms with E-state index in [2.05, 4.69) is 22.2 Å². The average Bonchev–Trinajstić information content (AvgIpc) is 2.48. The molecule has 0 saturated heterocycles. The lowest BCUT2D eigenvalue weighted by Gasteiger charge is -2.10. The molecule has 0 aliphatic heterocycles. The number of halogens is 2. The Kier molecular flexibility index (Phi) is 5.96. The number of aromatic nitrogens is 2. The summed E-state index contributed by atoms with van der Waals surface area (Å²) >= 11 is 13.5. The van der Waals surface area contributed by atoms with Crippen LogP contribution in [0, 0.1) is 0 Å². The summed E-state index contributed by atoms with van der Waals surface area (Å²) in [5.41, 5.74) is 0. The molecule has 0 radical (unpaired) electrons. The molecule has 1 N–H and O–H groups in total. The molecule has 1 aromatic carbocycles. The van der Waals surface area contributed by atoms with Gasteiger partial charge >= 0.3 is 0 Å². The molecule has 4 nitrogen and oxygen atoms in total. The summed E-state index contributed by atoms with van der Waals surface area (Å²) in [5, 5.41) is 4.88. The molecule has 0 atom stereocenters. The van der Waals surface area contributed by atoms with Crippen molar-refractivity contribution in [3.05, 3.63) is 34.3 Å². The van der Waals surface area contributed by atoms with Crippen LogP contribution < -0.4 is 10.1 Å². The molecule has 0 bridgehead atoms. The predicted octanol–water partition coefficient (Wildman–Crippen LogP) is 5.12. The van der Waals surface area contributed by atoms with Gasteiger partial charge in [0, 0.05) is 23.7 Å². The Morgan fingerprint density at radius 3 is 2.76 bits per heavy atom. The summed E-state index contributed by atoms with van der Waals surface area (Å²) in [6.07, 6.45) is 2.92. The molecule has 0 fully saturated rings. The van der Waals surface area contributed by atoms with Gasteiger partial charge in [-0.05, 0) is 24.8 Å². The van der Waals surface area contributed by atoms with E-state index in [-0.39, 0.29) is 0 Å². The van der Waals surface area contributed by atoms with E-state index in [1.165, 1.54) is 11.8 Å². The molecular weight excluding hydrogens is 329 g/mol. The smallest absolute Gasteiger partial charge is 0.225 e. The fraction of sp³-hybridized carbons (Fsp3) is 0.286. The number of anilines is 1. The van der Waals surface area contributed by atoms with Crippen molar-refractivity contribution in [3.8, 4) is 11.6 Å². The van der Waals surface area contributed by atoms with Crippen LogP contribution in [0.3, 0.4) is 0 Å². The topological polar surface area (TPSA) is 47.0 Å². The fourth-order valence-electron chi connectivity index (χ4n) is 1.56. The van der Waals surface area contributed by atoms with Gasteiger partial charge in [0.2, 0.25) is 5.88 Å². The zero-order valence-corrected chi connectivity index (χ0v) is 14.0. The molecule has 2 rings (SSSR count). The molecule has 7 heteroatoms. The first-order valence-corrected chi connectivity index (χ1v) is 8.40. The quantitative estimate of drug-likeness (QED) is 0.582. The first kappa shape index (κ1) is 16.2. The Bertz CT molecular complexity index is 625. The second-order valence-corrected chi connectivity index (χ2v) is 5.80. The maximum Gasteiger partial charge on any atom is 0.225 e. The van der Waals surface area contributed by atoms with E-state index in [0.29, 0.717) is 26.8 Å². The number of thioether (sulfide) groups is 1. The van der Waals surface area contributed by atoms with Crippen LogP contribution in [0.4, 0.5) is 5.82 Å². The number of rotatable bonds is 6. The van der Waals surface area contributed by atoms with Crippen LogP contribution in [-0.4, -0.2) is 22.8 Å². The van der Waals surface area contributed by atoms with Gasteiger partial charge in [-0.25, -0.2) is 4.98 Å². The van der Waals surface area contributed by atoms with Crippen molar-refractivity contribution in [2.75, 3.05) is 18.1 Å². The third-order valence-electron chi connectivity index (χ3n) is 2.53. The van der Waals surface area contributed by atoms with Gasteiger partial charge in [-0.3, -0.25) is 0 Å². The molecule has 21 heavy (non-hydrogen) atoms. The van der Waals surface area contributed by atoms with E-state index in [9.17, 15) is 0 Å². The zero-order chi connectivity index (χ0) is 15.2. The minimum atomic E-state index is 0.428. The standard InChI is InChI=1S/C14H15Cl2N3OS/c1-3-6-17-12-8-13(19-14(18-12)21-2)20-11-7-9(15)4-5-10(11)16/h4-5,7-8H,3,6H2,1-2H3,(H,17,18,19). The minimum absolute atomic E-state index is 0.428. The second-order valence-electron chi connectivity index (χ2n) is 4.18. The van der Waals surface area contributed by atoms with Crippen LogP contribution in [-0.2, 0) is 0 Å². The SMILES string of the molecule is CCCNc1cc(Oc2cc(Cl)ccc2Cl)nc(SC)n1. The lowest BCUT2D eigenvalue weighted by atomic mass is 10.3. The lowest BCUT2D eigenvalue weighted by Crippen LogP contribution is -2.04. The lowest BCUT2D eigenvalue weighted by molar-refractivity contribution is 0.456. The van der Waals surface area contributed by atoms with Crippen molar-refractivity contribution in [2.45, 2.75) is 18.5 Å². The number of ether oxygens (including phenoxy) is 1. The zero-order valence-electron chi connectivity index (χ0n) is 11.7. The molecule has 112 valence electrons. The van der Waals surface area contributed by atoms with Gasteiger partial charge in [0.05, 0.1) is 5.02 Å². The second kappa shape index (κ2) is 7.73. The largest absolute Gasteiger partial charge is 0.437 e. The van der Waals surface area contributed by atoms with Crippen molar-refractivity contribution in [1.82, 2.24) is 9.97 Å². The molecule has 2 aromatic rings. The van der Waals surface area contributed by atoms with E-state index in [1.807, 2.05) is 6.26 Å². The molecule has 0 aliphatic rings. The summed E-state index contributed by atoms with van der Waals surface area (Å²) in [5.74, 6) is 1.62. The highest BCUT2D eigenvalue weighted by Gasteiger charge is 2.09. The Hall–Kier alpha value is -1.17. The van der Waals surface area contributed by atoms with Crippen molar-refractivity contribution < 1.29 is 4.74 Å². The van der Waals surface area contributed by atoms with Gasteiger partial charge < -0.3 is 10.1 Å². The summed E-state index contributed by atoms with van der Waals surface area (Å²) in [6.45, 7) is 2.93. The molecular formula is C14H15Cl2N3OS. The minimum Gasteiger partial charge on any atom is -0.437 e. The predicted molar refractivity (Wildman–Crippen MR) is 89.1 cm³/mol. The number of hydrogen-bond donors (Lipinski definition) is 1. The number of benzene rings is 1. The van der Waals surface area contributed by atoms with Crippen LogP contribution in [0.25, 0.3) is 0 Å². The van der Waals surface area contributed by atoms with Gasteiger partial charge in [0.1, 0.15) is 11.6 Å². The third-order valence-corrected chi connectivity index (χ3v) is 3.62. The van der Waals surface area contributed by atoms with Gasteiger partial charge in [0.25, 0.3) is 0 Å². The van der Waals surface area contributed by atoms with Crippen molar-refractivity contribution in [3.63, 3.8) is 0 Å². The Balaban J connectivity index is 2.27. The molecule has 1 aromatic heterocycles. The molecule has 0 saturated carbocycles. The van der Waals surface area contributed by atoms with Gasteiger partial charge in [-0.15, -0.1) is 0 Å². The number of nitrogens with zero attached hydrogens (tertiary/aromatic N) is 2. The third kappa shape index (κ3) is 4.66. The molecule has 0 amide bonds. The van der Waals surface area contributed by atoms with Crippen LogP contribution in [0.15, 0.2) is 29.4 Å². The Labute approximate surface area is 138 Å². The van der Waals surface area contributed by atoms with Gasteiger partial charge in [-0.1, -0.05) is 41.9 Å². The fourth-order valence-corrected chi connectivity index (χ4v) is 2.25. The molecule has 0 aliphatic carbocycles. The molecule has 0 spiro atoms. The molecule has 0 unspecified atom stereocenters. The van der Waals surface area contributed by atoms with Gasteiger partial charge in [-0.2, -0.15) is 4.98 Å². The normalized spacial score (nSPS) is 10.5. The number of hydrogen-bond acceptors (Lipinski definition) is 5. The maximum absolute atomic E-state index is 6.10. The summed E-state index contributed by atoms with van der Waals surface area (Å²) in [7, 11) is 0. The van der Waals surface area contributed by atoms with Crippen LogP contribution in [0.5, 0.6) is 11.6 Å². The summed E-state index contributed by atoms with van der Waals surface area (Å²) in [6, 6.07) is 6.79. The van der Waals surface area contributed by atoms with E-state index < -0.39 is 0 Å². The van der Waals surface area contributed by atoms with Crippen molar-refractivity contribution >= 4 is 40.8 Å². The monoisotopic (exact) mass is 343 g/mol.